The highest BCUT2D eigenvalue weighted by Crippen LogP contribution is 2.40. The summed E-state index contributed by atoms with van der Waals surface area (Å²) < 4.78 is 22.7. The maximum absolute atomic E-state index is 13.8. The van der Waals surface area contributed by atoms with Crippen molar-refractivity contribution >= 4 is 23.5 Å². The molecule has 182 valence electrons. The van der Waals surface area contributed by atoms with Crippen LogP contribution in [0.25, 0.3) is 0 Å². The number of ether oxygens (including phenoxy) is 4. The topological polar surface area (TPSA) is 121 Å². The fourth-order valence-corrected chi connectivity index (χ4v) is 4.09. The largest absolute Gasteiger partial charge is 0.464 e. The van der Waals surface area contributed by atoms with Gasteiger partial charge in [-0.1, -0.05) is 0 Å². The highest BCUT2D eigenvalue weighted by Gasteiger charge is 2.50. The number of carbonyl (C=O) groups is 3. The Hall–Kier alpha value is -3.60. The van der Waals surface area contributed by atoms with Crippen molar-refractivity contribution < 1.29 is 33.3 Å². The molecular formula is C23H28N4O7. The van der Waals surface area contributed by atoms with Crippen LogP contribution in [0.5, 0.6) is 11.5 Å². The van der Waals surface area contributed by atoms with Crippen molar-refractivity contribution in [3.63, 3.8) is 0 Å². The molecule has 0 bridgehead atoms. The van der Waals surface area contributed by atoms with Crippen LogP contribution in [0.2, 0.25) is 0 Å². The number of nitrogens with zero attached hydrogens (tertiary/aromatic N) is 3. The van der Waals surface area contributed by atoms with E-state index in [1.54, 1.807) is 25.1 Å². The third-order valence-corrected chi connectivity index (χ3v) is 5.76. The number of benzene rings is 1. The van der Waals surface area contributed by atoms with E-state index in [1.807, 2.05) is 13.8 Å². The van der Waals surface area contributed by atoms with Crippen LogP contribution in [-0.2, 0) is 20.8 Å². The molecule has 2 amide bonds. The van der Waals surface area contributed by atoms with E-state index in [2.05, 4.69) is 10.3 Å². The van der Waals surface area contributed by atoms with Crippen LogP contribution in [0.4, 0.5) is 5.69 Å². The van der Waals surface area contributed by atoms with Crippen molar-refractivity contribution in [1.82, 2.24) is 14.9 Å². The number of nitrogens with one attached hydrogen (secondary N) is 1. The zero-order valence-corrected chi connectivity index (χ0v) is 19.6. The molecular weight excluding hydrogens is 444 g/mol. The van der Waals surface area contributed by atoms with Crippen LogP contribution in [-0.4, -0.2) is 66.0 Å². The zero-order valence-electron chi connectivity index (χ0n) is 19.6. The SMILES string of the molecule is COC(=O)c1ncn2c1C(=O)N(c1ccc3c(c1)OCO3)[C@@](C)(C(=O)NCCCOC(C)C)C2. The number of amides is 2. The Kier molecular flexibility index (Phi) is 6.47. The molecule has 0 aliphatic carbocycles. The summed E-state index contributed by atoms with van der Waals surface area (Å²) in [6.45, 7) is 6.62. The van der Waals surface area contributed by atoms with E-state index in [0.29, 0.717) is 36.8 Å². The number of imidazole rings is 1. The molecule has 0 unspecified atom stereocenters. The van der Waals surface area contributed by atoms with E-state index >= 15 is 0 Å². The maximum Gasteiger partial charge on any atom is 0.359 e. The minimum atomic E-state index is -1.31. The van der Waals surface area contributed by atoms with Crippen LogP contribution < -0.4 is 19.7 Å². The van der Waals surface area contributed by atoms with E-state index in [4.69, 9.17) is 18.9 Å². The van der Waals surface area contributed by atoms with Gasteiger partial charge in [0.1, 0.15) is 11.2 Å². The summed E-state index contributed by atoms with van der Waals surface area (Å²) in [4.78, 5) is 44.9. The number of rotatable bonds is 8. The summed E-state index contributed by atoms with van der Waals surface area (Å²) in [5, 5.41) is 2.92. The fraction of sp³-hybridized carbons (Fsp3) is 0.478. The highest BCUT2D eigenvalue weighted by molar-refractivity contribution is 6.15. The predicted molar refractivity (Wildman–Crippen MR) is 120 cm³/mol. The number of hydrogen-bond donors (Lipinski definition) is 1. The second-order valence-corrected chi connectivity index (χ2v) is 8.54. The van der Waals surface area contributed by atoms with Crippen molar-refractivity contribution in [2.24, 2.45) is 0 Å². The standard InChI is InChI=1S/C23H28N4O7/c1-14(2)32-9-5-8-24-22(30)23(3)11-26-12-25-18(21(29)31-4)19(26)20(28)27(23)15-6-7-16-17(10-15)34-13-33-16/h6-7,10,12,14H,5,8-9,11,13H2,1-4H3,(H,24,30)/t23-/m1/s1. The molecule has 1 aromatic heterocycles. The number of esters is 1. The lowest BCUT2D eigenvalue weighted by atomic mass is 9.93. The lowest BCUT2D eigenvalue weighted by molar-refractivity contribution is -0.126. The first kappa shape index (κ1) is 23.6. The van der Waals surface area contributed by atoms with Gasteiger partial charge in [0.05, 0.1) is 26.1 Å². The number of carbonyl (C=O) groups excluding carboxylic acids is 3. The molecule has 4 rings (SSSR count). The second kappa shape index (κ2) is 9.34. The molecule has 1 atom stereocenters. The van der Waals surface area contributed by atoms with Gasteiger partial charge in [-0.05, 0) is 39.3 Å². The Morgan fingerprint density at radius 1 is 1.26 bits per heavy atom. The Balaban J connectivity index is 1.68. The molecule has 2 aromatic rings. The Labute approximate surface area is 196 Å². The van der Waals surface area contributed by atoms with Gasteiger partial charge in [0.25, 0.3) is 5.91 Å². The molecule has 34 heavy (non-hydrogen) atoms. The molecule has 11 nitrogen and oxygen atoms in total. The molecule has 0 spiro atoms. The van der Waals surface area contributed by atoms with Gasteiger partial charge < -0.3 is 28.8 Å². The quantitative estimate of drug-likeness (QED) is 0.456. The molecule has 2 aliphatic rings. The van der Waals surface area contributed by atoms with Crippen molar-refractivity contribution in [2.75, 3.05) is 32.0 Å². The number of methoxy groups -OCH3 is 1. The van der Waals surface area contributed by atoms with Crippen molar-refractivity contribution in [3.8, 4) is 11.5 Å². The summed E-state index contributed by atoms with van der Waals surface area (Å²) in [6, 6.07) is 5.00. The summed E-state index contributed by atoms with van der Waals surface area (Å²) in [6.07, 6.45) is 2.11. The predicted octanol–water partition coefficient (Wildman–Crippen LogP) is 1.75. The lowest BCUT2D eigenvalue weighted by Crippen LogP contribution is -2.64. The lowest BCUT2D eigenvalue weighted by Gasteiger charge is -2.43. The van der Waals surface area contributed by atoms with Gasteiger partial charge >= 0.3 is 5.97 Å². The molecule has 3 heterocycles. The first-order valence-corrected chi connectivity index (χ1v) is 11.0. The number of anilines is 1. The van der Waals surface area contributed by atoms with Crippen LogP contribution in [0.15, 0.2) is 24.5 Å². The third kappa shape index (κ3) is 4.18. The first-order valence-electron chi connectivity index (χ1n) is 11.0. The highest BCUT2D eigenvalue weighted by atomic mass is 16.7. The van der Waals surface area contributed by atoms with E-state index < -0.39 is 17.4 Å². The zero-order chi connectivity index (χ0) is 24.5. The van der Waals surface area contributed by atoms with Crippen LogP contribution in [0.3, 0.4) is 0 Å². The van der Waals surface area contributed by atoms with Gasteiger partial charge in [0.15, 0.2) is 17.2 Å². The smallest absolute Gasteiger partial charge is 0.359 e. The average molecular weight is 472 g/mol. The summed E-state index contributed by atoms with van der Waals surface area (Å²) >= 11 is 0. The van der Waals surface area contributed by atoms with E-state index in [0.717, 1.165) is 0 Å². The van der Waals surface area contributed by atoms with Crippen LogP contribution in [0, 0.1) is 0 Å². The number of hydrogen-bond acceptors (Lipinski definition) is 8. The molecule has 11 heteroatoms. The third-order valence-electron chi connectivity index (χ3n) is 5.76. The van der Waals surface area contributed by atoms with Crippen molar-refractivity contribution in [1.29, 1.82) is 0 Å². The second-order valence-electron chi connectivity index (χ2n) is 8.54. The van der Waals surface area contributed by atoms with Gasteiger partial charge in [-0.2, -0.15) is 0 Å². The number of fused-ring (bicyclic) bond motifs is 2. The summed E-state index contributed by atoms with van der Waals surface area (Å²) in [7, 11) is 1.22. The molecule has 0 radical (unpaired) electrons. The van der Waals surface area contributed by atoms with Gasteiger partial charge in [0.2, 0.25) is 12.7 Å². The first-order chi connectivity index (χ1) is 16.3. The molecule has 0 saturated carbocycles. The fourth-order valence-electron chi connectivity index (χ4n) is 4.09. The van der Waals surface area contributed by atoms with Crippen molar-refractivity contribution in [2.45, 2.75) is 45.4 Å². The maximum atomic E-state index is 13.8. The van der Waals surface area contributed by atoms with Crippen LogP contribution >= 0.6 is 0 Å². The monoisotopic (exact) mass is 472 g/mol. The van der Waals surface area contributed by atoms with Gasteiger partial charge in [-0.3, -0.25) is 14.5 Å². The van der Waals surface area contributed by atoms with Gasteiger partial charge in [-0.15, -0.1) is 0 Å². The molecule has 1 N–H and O–H groups in total. The molecule has 0 fully saturated rings. The van der Waals surface area contributed by atoms with Crippen LogP contribution in [0.1, 0.15) is 48.2 Å². The average Bonchev–Trinajstić information content (AvgIpc) is 3.44. The minimum Gasteiger partial charge on any atom is -0.464 e. The van der Waals surface area contributed by atoms with E-state index in [1.165, 1.54) is 22.9 Å². The Morgan fingerprint density at radius 2 is 2.03 bits per heavy atom. The minimum absolute atomic E-state index is 0.0557. The van der Waals surface area contributed by atoms with Gasteiger partial charge in [-0.25, -0.2) is 9.78 Å². The van der Waals surface area contributed by atoms with E-state index in [-0.39, 0.29) is 36.7 Å². The normalized spacial score (nSPS) is 18.7. The number of aromatic nitrogens is 2. The summed E-state index contributed by atoms with van der Waals surface area (Å²) in [5.74, 6) is -0.618. The Bertz CT molecular complexity index is 1110. The molecule has 2 aliphatic heterocycles. The van der Waals surface area contributed by atoms with Gasteiger partial charge in [0, 0.05) is 24.9 Å². The Morgan fingerprint density at radius 3 is 2.76 bits per heavy atom. The molecule has 0 saturated heterocycles. The molecule has 1 aromatic carbocycles. The summed E-state index contributed by atoms with van der Waals surface area (Å²) in [5.41, 5.74) is -0.935. The van der Waals surface area contributed by atoms with E-state index in [9.17, 15) is 14.4 Å². The van der Waals surface area contributed by atoms with Crippen molar-refractivity contribution in [3.05, 3.63) is 35.9 Å².